The summed E-state index contributed by atoms with van der Waals surface area (Å²) in [5, 5.41) is 71.7. The zero-order valence-corrected chi connectivity index (χ0v) is 34.6. The first kappa shape index (κ1) is 51.4. The van der Waals surface area contributed by atoms with E-state index in [2.05, 4.69) is 26.0 Å². The topological polar surface area (TPSA) is 231 Å². The lowest BCUT2D eigenvalue weighted by atomic mass is 9.98. The van der Waals surface area contributed by atoms with Gasteiger partial charge in [0.1, 0.15) is 55.4 Å². The van der Waals surface area contributed by atoms with Crippen LogP contribution in [0.5, 0.6) is 0 Å². The van der Waals surface area contributed by atoms with Crippen LogP contribution in [0.25, 0.3) is 0 Å². The number of ether oxygens (including phenoxy) is 6. The van der Waals surface area contributed by atoms with E-state index in [-0.39, 0.29) is 26.1 Å². The summed E-state index contributed by atoms with van der Waals surface area (Å²) in [7, 11) is 0. The minimum atomic E-state index is -1.76. The molecule has 15 nitrogen and oxygen atoms in total. The van der Waals surface area contributed by atoms with Gasteiger partial charge in [-0.15, -0.1) is 0 Å². The molecule has 2 rings (SSSR count). The fraction of sp³-hybridized carbons (Fsp3) is 0.905. The normalized spacial score (nSPS) is 28.4. The van der Waals surface area contributed by atoms with E-state index in [0.29, 0.717) is 12.8 Å². The molecule has 0 aromatic heterocycles. The first-order chi connectivity index (χ1) is 27.5. The fourth-order valence-corrected chi connectivity index (χ4v) is 6.80. The fourth-order valence-electron chi connectivity index (χ4n) is 6.80. The molecule has 7 N–H and O–H groups in total. The molecule has 0 aromatic rings. The molecule has 0 bridgehead atoms. The zero-order valence-electron chi connectivity index (χ0n) is 34.6. The van der Waals surface area contributed by atoms with Crippen molar-refractivity contribution < 1.29 is 73.8 Å². The highest BCUT2D eigenvalue weighted by Crippen LogP contribution is 2.26. The van der Waals surface area contributed by atoms with Crippen LogP contribution in [0, 0.1) is 0 Å². The van der Waals surface area contributed by atoms with Gasteiger partial charge in [0.15, 0.2) is 18.7 Å². The van der Waals surface area contributed by atoms with Gasteiger partial charge in [-0.1, -0.05) is 109 Å². The Labute approximate surface area is 340 Å². The largest absolute Gasteiger partial charge is 0.462 e. The monoisotopic (exact) mass is 821 g/mol. The molecule has 0 saturated carbocycles. The first-order valence-electron chi connectivity index (χ1n) is 21.8. The van der Waals surface area contributed by atoms with Crippen molar-refractivity contribution in [3.8, 4) is 0 Å². The Balaban J connectivity index is 1.88. The van der Waals surface area contributed by atoms with Gasteiger partial charge in [-0.3, -0.25) is 9.59 Å². The van der Waals surface area contributed by atoms with E-state index >= 15 is 0 Å². The number of aliphatic hydroxyl groups is 7. The predicted molar refractivity (Wildman–Crippen MR) is 211 cm³/mol. The molecule has 15 heteroatoms. The van der Waals surface area contributed by atoms with Crippen molar-refractivity contribution in [2.75, 3.05) is 26.4 Å². The average Bonchev–Trinajstić information content (AvgIpc) is 3.20. The molecule has 2 heterocycles. The van der Waals surface area contributed by atoms with Crippen molar-refractivity contribution in [1.29, 1.82) is 0 Å². The SMILES string of the molecule is CCCCC/C=C/CCCCCCCC(=O)OC[C@H](CO[C@@H]1O[C@H](CO[C@@H]2O[C@H](CO)[C@H](O)C(O)C2O)[C@H](O)C(O)C1O)OC(=O)CCCCCCCCCCC. The Kier molecular flexibility index (Phi) is 28.1. The third kappa shape index (κ3) is 20.9. The summed E-state index contributed by atoms with van der Waals surface area (Å²) in [5.74, 6) is -0.937. The van der Waals surface area contributed by atoms with Crippen LogP contribution in [-0.4, -0.2) is 142 Å². The minimum Gasteiger partial charge on any atom is -0.462 e. The van der Waals surface area contributed by atoms with E-state index < -0.39 is 92.7 Å². The van der Waals surface area contributed by atoms with Gasteiger partial charge in [-0.2, -0.15) is 0 Å². The standard InChI is InChI=1S/C42H76O15/c1-3-5-7-9-11-13-14-15-17-18-20-22-24-33(44)52-27-30(55-34(45)25-23-21-19-16-12-10-8-6-4-2)28-53-41-40(51)38(49)36(47)32(57-41)29-54-42-39(50)37(48)35(46)31(26-43)56-42/h11,13,30-32,35-43,46-51H,3-10,12,14-29H2,1-2H3/b13-11+/t30-,31-,32-,35+,36+,37?,38?,39?,40?,41-,42-/m1/s1. The van der Waals surface area contributed by atoms with Crippen molar-refractivity contribution in [3.05, 3.63) is 12.2 Å². The van der Waals surface area contributed by atoms with Gasteiger partial charge in [0, 0.05) is 12.8 Å². The van der Waals surface area contributed by atoms with Crippen LogP contribution in [0.15, 0.2) is 12.2 Å². The first-order valence-corrected chi connectivity index (χ1v) is 21.8. The number of rotatable bonds is 32. The number of carbonyl (C=O) groups is 2. The molecular weight excluding hydrogens is 744 g/mol. The third-order valence-electron chi connectivity index (χ3n) is 10.5. The quantitative estimate of drug-likeness (QED) is 0.0290. The Bertz CT molecular complexity index is 1060. The Morgan fingerprint density at radius 1 is 0.544 bits per heavy atom. The molecule has 2 aliphatic heterocycles. The van der Waals surface area contributed by atoms with Gasteiger partial charge in [-0.25, -0.2) is 0 Å². The van der Waals surface area contributed by atoms with Gasteiger partial charge in [0.05, 0.1) is 19.8 Å². The average molecular weight is 821 g/mol. The maximum atomic E-state index is 12.8. The van der Waals surface area contributed by atoms with Gasteiger partial charge in [-0.05, 0) is 38.5 Å². The highest BCUT2D eigenvalue weighted by Gasteiger charge is 2.47. The number of carbonyl (C=O) groups excluding carboxylic acids is 2. The van der Waals surface area contributed by atoms with Crippen LogP contribution in [0.3, 0.4) is 0 Å². The molecule has 0 radical (unpaired) electrons. The highest BCUT2D eigenvalue weighted by molar-refractivity contribution is 5.70. The second kappa shape index (κ2) is 31.2. The summed E-state index contributed by atoms with van der Waals surface area (Å²) in [6.45, 7) is 2.50. The summed E-state index contributed by atoms with van der Waals surface area (Å²) in [6, 6.07) is 0. The van der Waals surface area contributed by atoms with Crippen molar-refractivity contribution in [1.82, 2.24) is 0 Å². The zero-order chi connectivity index (χ0) is 41.8. The lowest BCUT2D eigenvalue weighted by molar-refractivity contribution is -0.332. The molecule has 0 aromatic carbocycles. The number of hydrogen-bond donors (Lipinski definition) is 7. The summed E-state index contributed by atoms with van der Waals surface area (Å²) in [4.78, 5) is 25.5. The van der Waals surface area contributed by atoms with Crippen molar-refractivity contribution in [3.63, 3.8) is 0 Å². The number of esters is 2. The Hall–Kier alpha value is -1.76. The second-order valence-corrected chi connectivity index (χ2v) is 15.5. The maximum absolute atomic E-state index is 12.8. The van der Waals surface area contributed by atoms with Crippen LogP contribution in [0.1, 0.15) is 149 Å². The van der Waals surface area contributed by atoms with Crippen LogP contribution < -0.4 is 0 Å². The van der Waals surface area contributed by atoms with Crippen LogP contribution in [0.2, 0.25) is 0 Å². The number of aliphatic hydroxyl groups excluding tert-OH is 7. The van der Waals surface area contributed by atoms with Crippen molar-refractivity contribution in [2.45, 2.75) is 216 Å². The van der Waals surface area contributed by atoms with E-state index in [0.717, 1.165) is 57.8 Å². The van der Waals surface area contributed by atoms with Crippen molar-refractivity contribution >= 4 is 11.9 Å². The number of hydrogen-bond acceptors (Lipinski definition) is 15. The van der Waals surface area contributed by atoms with Gasteiger partial charge in [0.2, 0.25) is 0 Å². The molecular formula is C42H76O15. The maximum Gasteiger partial charge on any atom is 0.306 e. The lowest BCUT2D eigenvalue weighted by Gasteiger charge is -2.42. The van der Waals surface area contributed by atoms with Crippen LogP contribution >= 0.6 is 0 Å². The molecule has 57 heavy (non-hydrogen) atoms. The van der Waals surface area contributed by atoms with Gasteiger partial charge in [0.25, 0.3) is 0 Å². The minimum absolute atomic E-state index is 0.166. The summed E-state index contributed by atoms with van der Waals surface area (Å²) < 4.78 is 33.3. The number of allylic oxidation sites excluding steroid dienone is 2. The molecule has 334 valence electrons. The summed E-state index contributed by atoms with van der Waals surface area (Å²) in [5.41, 5.74) is 0. The Morgan fingerprint density at radius 2 is 1.00 bits per heavy atom. The summed E-state index contributed by atoms with van der Waals surface area (Å²) >= 11 is 0. The van der Waals surface area contributed by atoms with E-state index in [1.54, 1.807) is 0 Å². The molecule has 0 spiro atoms. The van der Waals surface area contributed by atoms with E-state index in [1.807, 2.05) is 0 Å². The molecule has 0 aliphatic carbocycles. The third-order valence-corrected chi connectivity index (χ3v) is 10.5. The van der Waals surface area contributed by atoms with Gasteiger partial charge < -0.3 is 64.2 Å². The predicted octanol–water partition coefficient (Wildman–Crippen LogP) is 3.87. The molecule has 11 atom stereocenters. The van der Waals surface area contributed by atoms with Crippen molar-refractivity contribution in [2.24, 2.45) is 0 Å². The smallest absolute Gasteiger partial charge is 0.306 e. The van der Waals surface area contributed by atoms with E-state index in [4.69, 9.17) is 28.4 Å². The second-order valence-electron chi connectivity index (χ2n) is 15.5. The molecule has 4 unspecified atom stereocenters. The molecule has 0 amide bonds. The Morgan fingerprint density at radius 3 is 1.58 bits per heavy atom. The van der Waals surface area contributed by atoms with Crippen LogP contribution in [0.4, 0.5) is 0 Å². The number of unbranched alkanes of at least 4 members (excludes halogenated alkanes) is 16. The lowest BCUT2D eigenvalue weighted by Crippen LogP contribution is -2.61. The molecule has 2 aliphatic rings. The molecule has 2 saturated heterocycles. The molecule has 2 fully saturated rings. The van der Waals surface area contributed by atoms with Crippen LogP contribution in [-0.2, 0) is 38.0 Å². The summed E-state index contributed by atoms with van der Waals surface area (Å²) in [6.07, 6.45) is 8.46. The van der Waals surface area contributed by atoms with E-state index in [1.165, 1.54) is 51.4 Å². The highest BCUT2D eigenvalue weighted by atomic mass is 16.7. The van der Waals surface area contributed by atoms with E-state index in [9.17, 15) is 45.3 Å². The van der Waals surface area contributed by atoms with Gasteiger partial charge >= 0.3 is 11.9 Å².